The standard InChI is InChI=1S/C30H30N2O5/c33-27(31-20-21-7-6-11-24(17-21)29(35)36)19-25-18-23-10-4-5-12-26(23)30(37-25)13-15-32(16-14-30)28(34)22-8-2-1-3-9-22/h1-12,17,25H,13-16,18-20H2,(H,31,33)(H,35,36). The fraction of sp³-hybridized carbons (Fsp3) is 0.300. The van der Waals surface area contributed by atoms with Gasteiger partial charge in [-0.1, -0.05) is 54.6 Å². The lowest BCUT2D eigenvalue weighted by molar-refractivity contribution is -0.147. The Bertz CT molecular complexity index is 1300. The molecule has 3 aromatic carbocycles. The molecule has 190 valence electrons. The molecular weight excluding hydrogens is 468 g/mol. The molecule has 1 atom stereocenters. The smallest absolute Gasteiger partial charge is 0.335 e. The van der Waals surface area contributed by atoms with Gasteiger partial charge in [-0.3, -0.25) is 9.59 Å². The van der Waals surface area contributed by atoms with Crippen LogP contribution in [0.4, 0.5) is 0 Å². The molecule has 2 N–H and O–H groups in total. The van der Waals surface area contributed by atoms with Crippen LogP contribution >= 0.6 is 0 Å². The maximum Gasteiger partial charge on any atom is 0.335 e. The van der Waals surface area contributed by atoms with E-state index in [1.54, 1.807) is 18.2 Å². The summed E-state index contributed by atoms with van der Waals surface area (Å²) in [5.41, 5.74) is 3.43. The number of hydrogen-bond donors (Lipinski definition) is 2. The molecule has 2 heterocycles. The van der Waals surface area contributed by atoms with Crippen LogP contribution in [0.25, 0.3) is 0 Å². The molecule has 1 unspecified atom stereocenters. The van der Waals surface area contributed by atoms with Gasteiger partial charge in [-0.05, 0) is 60.2 Å². The maximum atomic E-state index is 13.0. The Hall–Kier alpha value is -3.97. The molecule has 1 fully saturated rings. The Balaban J connectivity index is 1.25. The molecule has 7 heteroatoms. The number of nitrogens with one attached hydrogen (secondary N) is 1. The summed E-state index contributed by atoms with van der Waals surface area (Å²) in [6.45, 7) is 1.42. The summed E-state index contributed by atoms with van der Waals surface area (Å²) in [7, 11) is 0. The lowest BCUT2D eigenvalue weighted by Gasteiger charge is -2.47. The van der Waals surface area contributed by atoms with Gasteiger partial charge in [-0.25, -0.2) is 4.79 Å². The number of benzene rings is 3. The summed E-state index contributed by atoms with van der Waals surface area (Å²) in [5, 5.41) is 12.1. The van der Waals surface area contributed by atoms with E-state index in [1.165, 1.54) is 11.6 Å². The second kappa shape index (κ2) is 10.6. The first-order chi connectivity index (χ1) is 17.9. The molecule has 5 rings (SSSR count). The minimum atomic E-state index is -0.996. The maximum absolute atomic E-state index is 13.0. The minimum absolute atomic E-state index is 0.0300. The van der Waals surface area contributed by atoms with Gasteiger partial charge >= 0.3 is 5.97 Å². The van der Waals surface area contributed by atoms with Crippen molar-refractivity contribution in [3.8, 4) is 0 Å². The Morgan fingerprint density at radius 2 is 1.62 bits per heavy atom. The molecule has 2 aliphatic heterocycles. The largest absolute Gasteiger partial charge is 0.478 e. The predicted octanol–water partition coefficient (Wildman–Crippen LogP) is 4.16. The lowest BCUT2D eigenvalue weighted by Crippen LogP contribution is -2.50. The van der Waals surface area contributed by atoms with Gasteiger partial charge in [0.25, 0.3) is 5.91 Å². The van der Waals surface area contributed by atoms with Gasteiger partial charge < -0.3 is 20.1 Å². The highest BCUT2D eigenvalue weighted by molar-refractivity contribution is 5.94. The molecule has 1 spiro atoms. The van der Waals surface area contributed by atoms with Crippen LogP contribution in [0, 0.1) is 0 Å². The number of piperidine rings is 1. The van der Waals surface area contributed by atoms with Crippen LogP contribution < -0.4 is 5.32 Å². The highest BCUT2D eigenvalue weighted by Gasteiger charge is 2.44. The van der Waals surface area contributed by atoms with Gasteiger partial charge in [-0.2, -0.15) is 0 Å². The number of ether oxygens (including phenoxy) is 1. The molecule has 37 heavy (non-hydrogen) atoms. The molecule has 0 saturated carbocycles. The van der Waals surface area contributed by atoms with Crippen LogP contribution in [0.3, 0.4) is 0 Å². The number of hydrogen-bond acceptors (Lipinski definition) is 4. The number of carbonyl (C=O) groups is 3. The van der Waals surface area contributed by atoms with Crippen molar-refractivity contribution in [1.29, 1.82) is 0 Å². The highest BCUT2D eigenvalue weighted by atomic mass is 16.5. The average molecular weight is 499 g/mol. The van der Waals surface area contributed by atoms with E-state index in [-0.39, 0.29) is 36.4 Å². The Morgan fingerprint density at radius 3 is 2.38 bits per heavy atom. The minimum Gasteiger partial charge on any atom is -0.478 e. The van der Waals surface area contributed by atoms with Gasteiger partial charge in [-0.15, -0.1) is 0 Å². The van der Waals surface area contributed by atoms with Crippen LogP contribution in [0.5, 0.6) is 0 Å². The molecular formula is C30H30N2O5. The predicted molar refractivity (Wildman–Crippen MR) is 138 cm³/mol. The van der Waals surface area contributed by atoms with E-state index in [2.05, 4.69) is 17.4 Å². The lowest BCUT2D eigenvalue weighted by atomic mass is 9.77. The van der Waals surface area contributed by atoms with Crippen molar-refractivity contribution in [2.24, 2.45) is 0 Å². The van der Waals surface area contributed by atoms with E-state index < -0.39 is 11.6 Å². The first kappa shape index (κ1) is 24.7. The molecule has 2 amide bonds. The zero-order chi connectivity index (χ0) is 25.8. The summed E-state index contributed by atoms with van der Waals surface area (Å²) in [6.07, 6.45) is 1.91. The van der Waals surface area contributed by atoms with E-state index in [0.717, 1.165) is 11.1 Å². The zero-order valence-electron chi connectivity index (χ0n) is 20.6. The van der Waals surface area contributed by atoms with Crippen LogP contribution in [0.2, 0.25) is 0 Å². The normalized spacial score (nSPS) is 18.2. The Morgan fingerprint density at radius 1 is 0.919 bits per heavy atom. The second-order valence-electron chi connectivity index (χ2n) is 9.74. The number of nitrogens with zero attached hydrogens (tertiary/aromatic N) is 1. The molecule has 1 saturated heterocycles. The van der Waals surface area contributed by atoms with Crippen molar-refractivity contribution >= 4 is 17.8 Å². The van der Waals surface area contributed by atoms with Gasteiger partial charge in [0.15, 0.2) is 0 Å². The fourth-order valence-electron chi connectivity index (χ4n) is 5.44. The third-order valence-corrected chi connectivity index (χ3v) is 7.30. The summed E-state index contributed by atoms with van der Waals surface area (Å²) in [6, 6.07) is 24.1. The van der Waals surface area contributed by atoms with E-state index >= 15 is 0 Å². The van der Waals surface area contributed by atoms with Crippen LogP contribution in [0.1, 0.15) is 56.7 Å². The topological polar surface area (TPSA) is 95.9 Å². The summed E-state index contributed by atoms with van der Waals surface area (Å²) in [5.74, 6) is -1.11. The van der Waals surface area contributed by atoms with E-state index in [4.69, 9.17) is 4.74 Å². The highest BCUT2D eigenvalue weighted by Crippen LogP contribution is 2.44. The van der Waals surface area contributed by atoms with E-state index in [0.29, 0.717) is 37.9 Å². The zero-order valence-corrected chi connectivity index (χ0v) is 20.6. The van der Waals surface area contributed by atoms with Crippen LogP contribution in [0.15, 0.2) is 78.9 Å². The quantitative estimate of drug-likeness (QED) is 0.532. The van der Waals surface area contributed by atoms with Crippen molar-refractivity contribution in [3.05, 3.63) is 107 Å². The van der Waals surface area contributed by atoms with E-state index in [9.17, 15) is 19.5 Å². The van der Waals surface area contributed by atoms with Crippen molar-refractivity contribution in [2.45, 2.75) is 43.9 Å². The number of aromatic carboxylic acids is 1. The third-order valence-electron chi connectivity index (χ3n) is 7.30. The van der Waals surface area contributed by atoms with Gasteiger partial charge in [0.2, 0.25) is 5.91 Å². The monoisotopic (exact) mass is 498 g/mol. The average Bonchev–Trinajstić information content (AvgIpc) is 2.93. The third kappa shape index (κ3) is 5.42. The number of carbonyl (C=O) groups excluding carboxylic acids is 2. The number of carboxylic acid groups (broad SMARTS) is 1. The number of fused-ring (bicyclic) bond motifs is 2. The first-order valence-electron chi connectivity index (χ1n) is 12.6. The van der Waals surface area contributed by atoms with Crippen LogP contribution in [-0.2, 0) is 28.1 Å². The van der Waals surface area contributed by atoms with Crippen molar-refractivity contribution < 1.29 is 24.2 Å². The van der Waals surface area contributed by atoms with Crippen molar-refractivity contribution in [1.82, 2.24) is 10.2 Å². The number of likely N-dealkylation sites (tertiary alicyclic amines) is 1. The fourth-order valence-corrected chi connectivity index (χ4v) is 5.44. The molecule has 0 bridgehead atoms. The Kier molecular flexibility index (Phi) is 7.06. The molecule has 0 radical (unpaired) electrons. The SMILES string of the molecule is O=C(CC1Cc2ccccc2C2(CCN(C(=O)c3ccccc3)CC2)O1)NCc1cccc(C(=O)O)c1. The number of amides is 2. The van der Waals surface area contributed by atoms with Crippen LogP contribution in [-0.4, -0.2) is 47.0 Å². The van der Waals surface area contributed by atoms with Gasteiger partial charge in [0, 0.05) is 25.2 Å². The van der Waals surface area contributed by atoms with Gasteiger partial charge in [0.1, 0.15) is 0 Å². The molecule has 0 aromatic heterocycles. The first-order valence-corrected chi connectivity index (χ1v) is 12.6. The molecule has 3 aromatic rings. The van der Waals surface area contributed by atoms with Crippen molar-refractivity contribution in [3.63, 3.8) is 0 Å². The summed E-state index contributed by atoms with van der Waals surface area (Å²) in [4.78, 5) is 38.9. The number of rotatable bonds is 6. The molecule has 7 nitrogen and oxygen atoms in total. The summed E-state index contributed by atoms with van der Waals surface area (Å²) < 4.78 is 6.67. The summed E-state index contributed by atoms with van der Waals surface area (Å²) >= 11 is 0. The second-order valence-corrected chi connectivity index (χ2v) is 9.74. The van der Waals surface area contributed by atoms with Crippen molar-refractivity contribution in [2.75, 3.05) is 13.1 Å². The van der Waals surface area contributed by atoms with Gasteiger partial charge in [0.05, 0.1) is 23.7 Å². The molecule has 2 aliphatic rings. The molecule has 0 aliphatic carbocycles. The number of carboxylic acids is 1. The Labute approximate surface area is 216 Å². The van der Waals surface area contributed by atoms with E-state index in [1.807, 2.05) is 47.4 Å².